The topological polar surface area (TPSA) is 97.7 Å². The molecule has 1 aromatic carbocycles. The highest BCUT2D eigenvalue weighted by atomic mass is 16.5. The molecule has 2 N–H and O–H groups in total. The maximum atomic E-state index is 12.9. The SMILES string of the molecule is Cc1cc(OCCCC2CCN(c3nc(C(C)C)no3)CC2)ccc1C(=O)N1CCCC(N)C1. The first-order valence-corrected chi connectivity index (χ1v) is 12.8. The van der Waals surface area contributed by atoms with Gasteiger partial charge in [0.2, 0.25) is 0 Å². The van der Waals surface area contributed by atoms with Crippen LogP contribution < -0.4 is 15.4 Å². The molecule has 8 heteroatoms. The molecule has 2 saturated heterocycles. The second kappa shape index (κ2) is 11.2. The van der Waals surface area contributed by atoms with Crippen molar-refractivity contribution in [1.29, 1.82) is 0 Å². The Balaban J connectivity index is 1.18. The third-order valence-corrected chi connectivity index (χ3v) is 7.03. The third kappa shape index (κ3) is 6.09. The number of rotatable bonds is 8. The van der Waals surface area contributed by atoms with Gasteiger partial charge in [-0.15, -0.1) is 0 Å². The highest BCUT2D eigenvalue weighted by Gasteiger charge is 2.24. The highest BCUT2D eigenvalue weighted by Crippen LogP contribution is 2.26. The Morgan fingerprint density at radius 3 is 2.71 bits per heavy atom. The van der Waals surface area contributed by atoms with E-state index in [1.807, 2.05) is 30.0 Å². The standard InChI is InChI=1S/C26H39N5O3/c1-18(2)24-28-26(34-29-24)30-13-10-20(11-14-30)6-5-15-33-22-8-9-23(19(3)16-22)25(32)31-12-4-7-21(27)17-31/h8-9,16,18,20-21H,4-7,10-15,17,27H2,1-3H3. The van der Waals surface area contributed by atoms with Crippen molar-refractivity contribution in [2.24, 2.45) is 11.7 Å². The van der Waals surface area contributed by atoms with Crippen LogP contribution in [0, 0.1) is 12.8 Å². The van der Waals surface area contributed by atoms with E-state index in [0.717, 1.165) is 80.9 Å². The molecule has 34 heavy (non-hydrogen) atoms. The van der Waals surface area contributed by atoms with Crippen LogP contribution in [0.4, 0.5) is 6.01 Å². The molecule has 2 aromatic rings. The molecular weight excluding hydrogens is 430 g/mol. The zero-order chi connectivity index (χ0) is 24.1. The van der Waals surface area contributed by atoms with E-state index in [-0.39, 0.29) is 17.9 Å². The fourth-order valence-electron chi connectivity index (χ4n) is 4.90. The number of aromatic nitrogens is 2. The van der Waals surface area contributed by atoms with E-state index in [9.17, 15) is 4.79 Å². The Hall–Kier alpha value is -2.61. The average molecular weight is 470 g/mol. The molecule has 0 saturated carbocycles. The van der Waals surface area contributed by atoms with Crippen LogP contribution in [0.3, 0.4) is 0 Å². The Morgan fingerprint density at radius 2 is 2.03 bits per heavy atom. The van der Waals surface area contributed by atoms with Crippen molar-refractivity contribution in [3.05, 3.63) is 35.2 Å². The molecule has 186 valence electrons. The van der Waals surface area contributed by atoms with Gasteiger partial charge in [-0.1, -0.05) is 19.0 Å². The van der Waals surface area contributed by atoms with E-state index < -0.39 is 0 Å². The number of nitrogens with zero attached hydrogens (tertiary/aromatic N) is 4. The summed E-state index contributed by atoms with van der Waals surface area (Å²) >= 11 is 0. The minimum atomic E-state index is 0.0755. The maximum absolute atomic E-state index is 12.9. The first-order chi connectivity index (χ1) is 16.4. The van der Waals surface area contributed by atoms with E-state index in [4.69, 9.17) is 15.0 Å². The van der Waals surface area contributed by atoms with Crippen molar-refractivity contribution in [2.75, 3.05) is 37.7 Å². The summed E-state index contributed by atoms with van der Waals surface area (Å²) in [6.07, 6.45) is 6.41. The van der Waals surface area contributed by atoms with Crippen molar-refractivity contribution >= 4 is 11.9 Å². The predicted molar refractivity (Wildman–Crippen MR) is 132 cm³/mol. The quantitative estimate of drug-likeness (QED) is 0.580. The molecule has 2 aliphatic rings. The molecule has 0 bridgehead atoms. The molecule has 1 unspecified atom stereocenters. The Kier molecular flexibility index (Phi) is 8.08. The number of ether oxygens (including phenoxy) is 1. The lowest BCUT2D eigenvalue weighted by Gasteiger charge is -2.31. The maximum Gasteiger partial charge on any atom is 0.324 e. The predicted octanol–water partition coefficient (Wildman–Crippen LogP) is 4.14. The van der Waals surface area contributed by atoms with Gasteiger partial charge in [-0.2, -0.15) is 4.98 Å². The van der Waals surface area contributed by atoms with Crippen LogP contribution in [0.25, 0.3) is 0 Å². The van der Waals surface area contributed by atoms with Crippen molar-refractivity contribution < 1.29 is 14.1 Å². The molecule has 0 aliphatic carbocycles. The van der Waals surface area contributed by atoms with Gasteiger partial charge in [-0.05, 0) is 75.1 Å². The smallest absolute Gasteiger partial charge is 0.324 e. The number of nitrogens with two attached hydrogens (primary N) is 1. The normalized spacial score (nSPS) is 19.6. The number of likely N-dealkylation sites (tertiary alicyclic amines) is 1. The summed E-state index contributed by atoms with van der Waals surface area (Å²) in [5, 5.41) is 4.08. The molecule has 3 heterocycles. The molecule has 4 rings (SSSR count). The lowest BCUT2D eigenvalue weighted by Crippen LogP contribution is -2.45. The van der Waals surface area contributed by atoms with Crippen molar-refractivity contribution in [1.82, 2.24) is 15.0 Å². The number of benzene rings is 1. The Bertz CT molecular complexity index is 952. The third-order valence-electron chi connectivity index (χ3n) is 7.03. The van der Waals surface area contributed by atoms with E-state index in [0.29, 0.717) is 25.1 Å². The zero-order valence-corrected chi connectivity index (χ0v) is 20.8. The summed E-state index contributed by atoms with van der Waals surface area (Å²) < 4.78 is 11.4. The van der Waals surface area contributed by atoms with Crippen molar-refractivity contribution in [2.45, 2.75) is 71.3 Å². The highest BCUT2D eigenvalue weighted by molar-refractivity contribution is 5.95. The summed E-state index contributed by atoms with van der Waals surface area (Å²) in [4.78, 5) is 21.5. The van der Waals surface area contributed by atoms with Crippen LogP contribution in [-0.4, -0.2) is 59.8 Å². The second-order valence-electron chi connectivity index (χ2n) is 10.1. The van der Waals surface area contributed by atoms with Crippen LogP contribution in [0.5, 0.6) is 5.75 Å². The summed E-state index contributed by atoms with van der Waals surface area (Å²) in [6.45, 7) is 10.2. The minimum absolute atomic E-state index is 0.0755. The van der Waals surface area contributed by atoms with Crippen molar-refractivity contribution in [3.8, 4) is 5.75 Å². The fourth-order valence-corrected chi connectivity index (χ4v) is 4.90. The van der Waals surface area contributed by atoms with Crippen LogP contribution in [0.2, 0.25) is 0 Å². The van der Waals surface area contributed by atoms with E-state index >= 15 is 0 Å². The molecule has 2 aliphatic heterocycles. The molecule has 1 aromatic heterocycles. The molecule has 8 nitrogen and oxygen atoms in total. The number of piperidine rings is 2. The van der Waals surface area contributed by atoms with Gasteiger partial charge in [-0.25, -0.2) is 0 Å². The van der Waals surface area contributed by atoms with Gasteiger partial charge >= 0.3 is 6.01 Å². The number of anilines is 1. The molecule has 1 atom stereocenters. The number of aryl methyl sites for hydroxylation is 1. The van der Waals surface area contributed by atoms with Gasteiger partial charge in [0.25, 0.3) is 5.91 Å². The van der Waals surface area contributed by atoms with Gasteiger partial charge < -0.3 is 24.8 Å². The van der Waals surface area contributed by atoms with Crippen LogP contribution in [-0.2, 0) is 0 Å². The van der Waals surface area contributed by atoms with Gasteiger partial charge in [-0.3, -0.25) is 4.79 Å². The lowest BCUT2D eigenvalue weighted by molar-refractivity contribution is 0.0708. The molecule has 1 amide bonds. The minimum Gasteiger partial charge on any atom is -0.494 e. The number of hydrogen-bond donors (Lipinski definition) is 1. The van der Waals surface area contributed by atoms with Crippen LogP contribution in [0.15, 0.2) is 22.7 Å². The number of hydrogen-bond acceptors (Lipinski definition) is 7. The number of carbonyl (C=O) groups is 1. The van der Waals surface area contributed by atoms with E-state index in [1.54, 1.807) is 0 Å². The largest absolute Gasteiger partial charge is 0.494 e. The average Bonchev–Trinajstić information content (AvgIpc) is 3.33. The molecular formula is C26H39N5O3. The van der Waals surface area contributed by atoms with Crippen LogP contribution in [0.1, 0.15) is 80.0 Å². The first kappa shape index (κ1) is 24.5. The van der Waals surface area contributed by atoms with Gasteiger partial charge in [0.1, 0.15) is 5.75 Å². The van der Waals surface area contributed by atoms with Crippen molar-refractivity contribution in [3.63, 3.8) is 0 Å². The summed E-state index contributed by atoms with van der Waals surface area (Å²) in [7, 11) is 0. The van der Waals surface area contributed by atoms with E-state index in [1.165, 1.54) is 0 Å². The number of amides is 1. The molecule has 0 radical (unpaired) electrons. The molecule has 0 spiro atoms. The second-order valence-corrected chi connectivity index (χ2v) is 10.1. The van der Waals surface area contributed by atoms with Gasteiger partial charge in [0.15, 0.2) is 5.82 Å². The van der Waals surface area contributed by atoms with Gasteiger partial charge in [0.05, 0.1) is 6.61 Å². The van der Waals surface area contributed by atoms with E-state index in [2.05, 4.69) is 28.9 Å². The lowest BCUT2D eigenvalue weighted by atomic mass is 9.92. The zero-order valence-electron chi connectivity index (χ0n) is 20.8. The van der Waals surface area contributed by atoms with Crippen LogP contribution >= 0.6 is 0 Å². The van der Waals surface area contributed by atoms with Gasteiger partial charge in [0, 0.05) is 43.7 Å². The fraction of sp³-hybridized carbons (Fsp3) is 0.654. The summed E-state index contributed by atoms with van der Waals surface area (Å²) in [5.74, 6) is 2.66. The summed E-state index contributed by atoms with van der Waals surface area (Å²) in [6, 6.07) is 6.53. The number of carbonyl (C=O) groups excluding carboxylic acids is 1. The summed E-state index contributed by atoms with van der Waals surface area (Å²) in [5.41, 5.74) is 7.74. The Labute approximate surface area is 202 Å². The Morgan fingerprint density at radius 1 is 1.24 bits per heavy atom. The molecule has 2 fully saturated rings. The monoisotopic (exact) mass is 469 g/mol. The first-order valence-electron chi connectivity index (χ1n) is 12.8.